The smallest absolute Gasteiger partial charge is 0.259 e. The summed E-state index contributed by atoms with van der Waals surface area (Å²) in [5, 5.41) is 15.9. The highest BCUT2D eigenvalue weighted by Crippen LogP contribution is 2.25. The highest BCUT2D eigenvalue weighted by molar-refractivity contribution is 6.07. The van der Waals surface area contributed by atoms with Crippen LogP contribution in [0.5, 0.6) is 0 Å². The third-order valence-electron chi connectivity index (χ3n) is 5.16. The van der Waals surface area contributed by atoms with Crippen molar-refractivity contribution in [1.29, 1.82) is 5.26 Å². The Hall–Kier alpha value is -4.58. The zero-order valence-electron chi connectivity index (χ0n) is 18.4. The molecule has 0 aromatic carbocycles. The topological polar surface area (TPSA) is 116 Å². The van der Waals surface area contributed by atoms with Crippen molar-refractivity contribution in [3.63, 3.8) is 0 Å². The number of aromatic nitrogens is 4. The molecule has 0 radical (unpaired) electrons. The van der Waals surface area contributed by atoms with E-state index in [9.17, 15) is 9.59 Å². The molecule has 0 aliphatic carbocycles. The Labute approximate surface area is 190 Å². The summed E-state index contributed by atoms with van der Waals surface area (Å²) < 4.78 is 1.67. The SMILES string of the molecule is CNC(=O)c1ccc(-c2cnn3ccc(C(=O)N(c4ccc(C#N)cn4)C(C)C)cc23)nc1. The molecule has 4 heterocycles. The van der Waals surface area contributed by atoms with E-state index in [1.165, 1.54) is 12.4 Å². The van der Waals surface area contributed by atoms with E-state index >= 15 is 0 Å². The molecule has 0 saturated heterocycles. The van der Waals surface area contributed by atoms with Gasteiger partial charge >= 0.3 is 0 Å². The summed E-state index contributed by atoms with van der Waals surface area (Å²) in [5.74, 6) is 0.0285. The predicted molar refractivity (Wildman–Crippen MR) is 123 cm³/mol. The number of pyridine rings is 3. The molecule has 4 aromatic heterocycles. The molecule has 0 saturated carbocycles. The molecule has 2 amide bonds. The van der Waals surface area contributed by atoms with Gasteiger partial charge in [0.15, 0.2) is 0 Å². The fourth-order valence-corrected chi connectivity index (χ4v) is 3.48. The van der Waals surface area contributed by atoms with Gasteiger partial charge in [-0.15, -0.1) is 0 Å². The summed E-state index contributed by atoms with van der Waals surface area (Å²) in [7, 11) is 1.56. The van der Waals surface area contributed by atoms with Crippen molar-refractivity contribution in [2.45, 2.75) is 19.9 Å². The Bertz CT molecular complexity index is 1370. The molecule has 0 bridgehead atoms. The van der Waals surface area contributed by atoms with Gasteiger partial charge in [-0.3, -0.25) is 19.5 Å². The van der Waals surface area contributed by atoms with Crippen molar-refractivity contribution in [2.24, 2.45) is 0 Å². The van der Waals surface area contributed by atoms with Crippen molar-refractivity contribution in [1.82, 2.24) is 24.9 Å². The Kier molecular flexibility index (Phi) is 5.83. The molecule has 1 N–H and O–H groups in total. The van der Waals surface area contributed by atoms with Crippen LogP contribution < -0.4 is 10.2 Å². The molecular formula is C24H21N7O2. The van der Waals surface area contributed by atoms with Crippen LogP contribution >= 0.6 is 0 Å². The van der Waals surface area contributed by atoms with Crippen LogP contribution in [-0.4, -0.2) is 44.5 Å². The van der Waals surface area contributed by atoms with E-state index in [1.54, 1.807) is 65.3 Å². The maximum absolute atomic E-state index is 13.4. The maximum Gasteiger partial charge on any atom is 0.259 e. The van der Waals surface area contributed by atoms with Gasteiger partial charge in [0.1, 0.15) is 11.9 Å². The number of rotatable bonds is 5. The molecule has 9 nitrogen and oxygen atoms in total. The normalized spacial score (nSPS) is 10.8. The van der Waals surface area contributed by atoms with Crippen LogP contribution in [0.3, 0.4) is 0 Å². The van der Waals surface area contributed by atoms with Crippen molar-refractivity contribution in [3.8, 4) is 17.3 Å². The van der Waals surface area contributed by atoms with Crippen molar-refractivity contribution in [2.75, 3.05) is 11.9 Å². The largest absolute Gasteiger partial charge is 0.355 e. The van der Waals surface area contributed by atoms with Crippen LogP contribution in [0.1, 0.15) is 40.1 Å². The lowest BCUT2D eigenvalue weighted by Crippen LogP contribution is -2.37. The molecule has 0 atom stereocenters. The van der Waals surface area contributed by atoms with Crippen molar-refractivity contribution < 1.29 is 9.59 Å². The highest BCUT2D eigenvalue weighted by atomic mass is 16.2. The number of amides is 2. The van der Waals surface area contributed by atoms with Crippen LogP contribution in [0.25, 0.3) is 16.8 Å². The van der Waals surface area contributed by atoms with Crippen LogP contribution in [0.15, 0.2) is 61.2 Å². The fourth-order valence-electron chi connectivity index (χ4n) is 3.48. The zero-order valence-corrected chi connectivity index (χ0v) is 18.4. The van der Waals surface area contributed by atoms with Crippen molar-refractivity contribution in [3.05, 3.63) is 77.9 Å². The van der Waals surface area contributed by atoms with E-state index in [4.69, 9.17) is 5.26 Å². The molecule has 0 unspecified atom stereocenters. The van der Waals surface area contributed by atoms with Crippen LogP contribution in [0.4, 0.5) is 5.82 Å². The van der Waals surface area contributed by atoms with Crippen LogP contribution in [0.2, 0.25) is 0 Å². The average molecular weight is 439 g/mol. The number of carbonyl (C=O) groups is 2. The van der Waals surface area contributed by atoms with Gasteiger partial charge in [-0.25, -0.2) is 9.50 Å². The molecule has 4 aromatic rings. The number of fused-ring (bicyclic) bond motifs is 1. The molecule has 0 spiro atoms. The van der Waals surface area contributed by atoms with Gasteiger partial charge in [0.05, 0.1) is 28.5 Å². The second kappa shape index (κ2) is 8.88. The third kappa shape index (κ3) is 4.14. The van der Waals surface area contributed by atoms with Gasteiger partial charge < -0.3 is 5.32 Å². The first kappa shape index (κ1) is 21.6. The number of nitrogens with zero attached hydrogens (tertiary/aromatic N) is 6. The highest BCUT2D eigenvalue weighted by Gasteiger charge is 2.23. The second-order valence-corrected chi connectivity index (χ2v) is 7.60. The summed E-state index contributed by atoms with van der Waals surface area (Å²) in [4.78, 5) is 35.5. The predicted octanol–water partition coefficient (Wildman–Crippen LogP) is 3.08. The monoisotopic (exact) mass is 439 g/mol. The van der Waals surface area contributed by atoms with Gasteiger partial charge in [-0.1, -0.05) is 0 Å². The van der Waals surface area contributed by atoms with E-state index in [1.807, 2.05) is 19.9 Å². The maximum atomic E-state index is 13.4. The molecular weight excluding hydrogens is 418 g/mol. The molecule has 9 heteroatoms. The molecule has 4 rings (SSSR count). The first-order valence-electron chi connectivity index (χ1n) is 10.3. The summed E-state index contributed by atoms with van der Waals surface area (Å²) in [6.07, 6.45) is 6.34. The number of nitriles is 1. The quantitative estimate of drug-likeness (QED) is 0.511. The minimum Gasteiger partial charge on any atom is -0.355 e. The van der Waals surface area contributed by atoms with E-state index in [0.29, 0.717) is 33.7 Å². The summed E-state index contributed by atoms with van der Waals surface area (Å²) in [5.41, 5.74) is 3.42. The van der Waals surface area contributed by atoms with Crippen LogP contribution in [0, 0.1) is 11.3 Å². The van der Waals surface area contributed by atoms with Gasteiger partial charge in [0, 0.05) is 42.8 Å². The zero-order chi connectivity index (χ0) is 23.5. The standard InChI is InChI=1S/C24H21N7O2/c1-15(2)31(22-7-4-16(11-25)12-28-22)24(33)17-8-9-30-21(10-17)19(14-29-30)20-6-5-18(13-27-20)23(32)26-3/h4-10,12-15H,1-3H3,(H,26,32). The summed E-state index contributed by atoms with van der Waals surface area (Å²) in [6, 6.07) is 12.1. The van der Waals surface area contributed by atoms with E-state index in [0.717, 1.165) is 5.56 Å². The van der Waals surface area contributed by atoms with Gasteiger partial charge in [-0.2, -0.15) is 10.4 Å². The number of hydrogen-bond acceptors (Lipinski definition) is 6. The van der Waals surface area contributed by atoms with E-state index in [2.05, 4.69) is 20.4 Å². The van der Waals surface area contributed by atoms with E-state index in [-0.39, 0.29) is 17.9 Å². The first-order chi connectivity index (χ1) is 15.9. The Balaban J connectivity index is 1.71. The average Bonchev–Trinajstić information content (AvgIpc) is 3.27. The van der Waals surface area contributed by atoms with Gasteiger partial charge in [0.2, 0.25) is 0 Å². The number of carbonyl (C=O) groups excluding carboxylic acids is 2. The second-order valence-electron chi connectivity index (χ2n) is 7.60. The molecule has 164 valence electrons. The lowest BCUT2D eigenvalue weighted by molar-refractivity contribution is 0.0959. The molecule has 0 aliphatic heterocycles. The Morgan fingerprint density at radius 2 is 1.88 bits per heavy atom. The first-order valence-corrected chi connectivity index (χ1v) is 10.3. The number of nitrogens with one attached hydrogen (secondary N) is 1. The Morgan fingerprint density at radius 3 is 2.48 bits per heavy atom. The molecule has 0 fully saturated rings. The molecule has 0 aliphatic rings. The minimum absolute atomic E-state index is 0.155. The summed E-state index contributed by atoms with van der Waals surface area (Å²) in [6.45, 7) is 3.80. The van der Waals surface area contributed by atoms with Crippen molar-refractivity contribution >= 4 is 23.1 Å². The lowest BCUT2D eigenvalue weighted by atomic mass is 10.1. The number of hydrogen-bond donors (Lipinski definition) is 1. The van der Waals surface area contributed by atoms with E-state index < -0.39 is 0 Å². The van der Waals surface area contributed by atoms with Gasteiger partial charge in [0.25, 0.3) is 11.8 Å². The number of anilines is 1. The van der Waals surface area contributed by atoms with Gasteiger partial charge in [-0.05, 0) is 50.2 Å². The fraction of sp³-hybridized carbons (Fsp3) is 0.167. The van der Waals surface area contributed by atoms with Crippen LogP contribution in [-0.2, 0) is 0 Å². The minimum atomic E-state index is -0.222. The third-order valence-corrected chi connectivity index (χ3v) is 5.16. The Morgan fingerprint density at radius 1 is 1.06 bits per heavy atom. The molecule has 33 heavy (non-hydrogen) atoms. The lowest BCUT2D eigenvalue weighted by Gasteiger charge is -2.26. The summed E-state index contributed by atoms with van der Waals surface area (Å²) >= 11 is 0.